The first kappa shape index (κ1) is 13.9. The van der Waals surface area contributed by atoms with E-state index in [2.05, 4.69) is 5.32 Å². The van der Waals surface area contributed by atoms with Crippen molar-refractivity contribution in [2.24, 2.45) is 0 Å². The minimum atomic E-state index is -0.524. The second kappa shape index (κ2) is 5.96. The van der Waals surface area contributed by atoms with Crippen LogP contribution in [-0.4, -0.2) is 32.1 Å². The Hall–Kier alpha value is -1.16. The van der Waals surface area contributed by atoms with Crippen LogP contribution >= 0.6 is 0 Å². The highest BCUT2D eigenvalue weighted by Gasteiger charge is 2.13. The topological polar surface area (TPSA) is 15.3 Å². The summed E-state index contributed by atoms with van der Waals surface area (Å²) in [6.45, 7) is 5.28. The van der Waals surface area contributed by atoms with Gasteiger partial charge in [0, 0.05) is 19.2 Å². The maximum atomic E-state index is 13.7. The van der Waals surface area contributed by atoms with E-state index in [1.165, 1.54) is 6.07 Å². The van der Waals surface area contributed by atoms with Gasteiger partial charge in [0.15, 0.2) is 0 Å². The quantitative estimate of drug-likeness (QED) is 0.853. The van der Waals surface area contributed by atoms with E-state index in [1.54, 1.807) is 0 Å². The molecule has 0 saturated heterocycles. The molecule has 0 radical (unpaired) electrons. The lowest BCUT2D eigenvalue weighted by Gasteiger charge is -2.17. The van der Waals surface area contributed by atoms with Gasteiger partial charge in [0.05, 0.1) is 5.69 Å². The molecule has 0 amide bonds. The van der Waals surface area contributed by atoms with Crippen LogP contribution in [0.4, 0.5) is 14.5 Å². The molecule has 0 bridgehead atoms. The Morgan fingerprint density at radius 3 is 2.41 bits per heavy atom. The number of anilines is 1. The van der Waals surface area contributed by atoms with Gasteiger partial charge in [-0.25, -0.2) is 8.78 Å². The van der Waals surface area contributed by atoms with E-state index in [-0.39, 0.29) is 5.92 Å². The van der Waals surface area contributed by atoms with E-state index in [1.807, 2.05) is 32.8 Å². The number of halogens is 2. The molecule has 0 fully saturated rings. The summed E-state index contributed by atoms with van der Waals surface area (Å²) in [4.78, 5) is 2.00. The van der Waals surface area contributed by atoms with Crippen LogP contribution in [0.15, 0.2) is 12.1 Å². The van der Waals surface area contributed by atoms with Crippen molar-refractivity contribution in [2.75, 3.05) is 32.5 Å². The van der Waals surface area contributed by atoms with E-state index < -0.39 is 11.6 Å². The molecule has 0 heterocycles. The van der Waals surface area contributed by atoms with E-state index in [0.29, 0.717) is 17.8 Å². The fourth-order valence-corrected chi connectivity index (χ4v) is 1.64. The lowest BCUT2D eigenvalue weighted by Crippen LogP contribution is -2.21. The number of nitrogens with one attached hydrogen (secondary N) is 1. The summed E-state index contributed by atoms with van der Waals surface area (Å²) in [5.41, 5.74) is 1.10. The molecule has 0 aliphatic carbocycles. The third-order valence-corrected chi connectivity index (χ3v) is 2.57. The van der Waals surface area contributed by atoms with Gasteiger partial charge in [-0.1, -0.05) is 13.8 Å². The van der Waals surface area contributed by atoms with E-state index in [0.717, 1.165) is 12.6 Å². The van der Waals surface area contributed by atoms with Gasteiger partial charge in [-0.15, -0.1) is 0 Å². The molecule has 1 aromatic rings. The van der Waals surface area contributed by atoms with Crippen molar-refractivity contribution in [3.8, 4) is 0 Å². The first-order valence-electron chi connectivity index (χ1n) is 5.79. The number of likely N-dealkylation sites (N-methyl/N-ethyl adjacent to an activating group) is 1. The Labute approximate surface area is 102 Å². The molecule has 1 rings (SSSR count). The van der Waals surface area contributed by atoms with E-state index in [4.69, 9.17) is 0 Å². The van der Waals surface area contributed by atoms with Gasteiger partial charge in [-0.3, -0.25) is 0 Å². The third-order valence-electron chi connectivity index (χ3n) is 2.57. The van der Waals surface area contributed by atoms with Crippen LogP contribution in [0.5, 0.6) is 0 Å². The Balaban J connectivity index is 2.88. The Kier molecular flexibility index (Phi) is 4.87. The molecule has 0 atom stereocenters. The van der Waals surface area contributed by atoms with Crippen molar-refractivity contribution >= 4 is 5.69 Å². The maximum absolute atomic E-state index is 13.7. The van der Waals surface area contributed by atoms with Gasteiger partial charge in [0.1, 0.15) is 11.6 Å². The minimum absolute atomic E-state index is 0.0852. The van der Waals surface area contributed by atoms with Crippen molar-refractivity contribution in [3.05, 3.63) is 29.3 Å². The zero-order valence-electron chi connectivity index (χ0n) is 10.8. The SMILES string of the molecule is CC(C)c1cc(F)cc(F)c1NCCN(C)C. The van der Waals surface area contributed by atoms with Gasteiger partial charge in [0.2, 0.25) is 0 Å². The van der Waals surface area contributed by atoms with Crippen LogP contribution in [0.2, 0.25) is 0 Å². The normalized spacial score (nSPS) is 11.3. The summed E-state index contributed by atoms with van der Waals surface area (Å²) in [6, 6.07) is 2.32. The highest BCUT2D eigenvalue weighted by molar-refractivity contribution is 5.54. The zero-order chi connectivity index (χ0) is 13.0. The highest BCUT2D eigenvalue weighted by Crippen LogP contribution is 2.28. The van der Waals surface area contributed by atoms with Crippen LogP contribution in [-0.2, 0) is 0 Å². The molecule has 0 spiro atoms. The number of rotatable bonds is 5. The molecular weight excluding hydrogens is 222 g/mol. The fourth-order valence-electron chi connectivity index (χ4n) is 1.64. The summed E-state index contributed by atoms with van der Waals surface area (Å²) < 4.78 is 26.8. The van der Waals surface area contributed by atoms with Crippen molar-refractivity contribution in [1.29, 1.82) is 0 Å². The monoisotopic (exact) mass is 242 g/mol. The van der Waals surface area contributed by atoms with Gasteiger partial charge in [-0.2, -0.15) is 0 Å². The molecule has 17 heavy (non-hydrogen) atoms. The molecular formula is C13H20F2N2. The highest BCUT2D eigenvalue weighted by atomic mass is 19.1. The number of hydrogen-bond acceptors (Lipinski definition) is 2. The Morgan fingerprint density at radius 1 is 1.24 bits per heavy atom. The lowest BCUT2D eigenvalue weighted by atomic mass is 10.0. The van der Waals surface area contributed by atoms with Gasteiger partial charge in [0.25, 0.3) is 0 Å². The lowest BCUT2D eigenvalue weighted by molar-refractivity contribution is 0.424. The number of benzene rings is 1. The molecule has 2 nitrogen and oxygen atoms in total. The third kappa shape index (κ3) is 3.97. The van der Waals surface area contributed by atoms with E-state index in [9.17, 15) is 8.78 Å². The molecule has 1 N–H and O–H groups in total. The smallest absolute Gasteiger partial charge is 0.149 e. The Bertz CT molecular complexity index is 376. The average Bonchev–Trinajstić information content (AvgIpc) is 2.19. The second-order valence-electron chi connectivity index (χ2n) is 4.74. The summed E-state index contributed by atoms with van der Waals surface area (Å²) in [5, 5.41) is 3.04. The van der Waals surface area contributed by atoms with Crippen LogP contribution in [0, 0.1) is 11.6 Å². The first-order valence-corrected chi connectivity index (χ1v) is 5.79. The molecule has 4 heteroatoms. The van der Waals surface area contributed by atoms with Crippen LogP contribution < -0.4 is 5.32 Å². The summed E-state index contributed by atoms with van der Waals surface area (Å²) in [6.07, 6.45) is 0. The number of nitrogens with zero attached hydrogens (tertiary/aromatic N) is 1. The summed E-state index contributed by atoms with van der Waals surface area (Å²) in [5.74, 6) is -0.959. The van der Waals surface area contributed by atoms with E-state index >= 15 is 0 Å². The molecule has 0 unspecified atom stereocenters. The molecule has 0 aliphatic rings. The molecule has 96 valence electrons. The molecule has 0 aliphatic heterocycles. The number of hydrogen-bond donors (Lipinski definition) is 1. The van der Waals surface area contributed by atoms with Gasteiger partial charge in [-0.05, 0) is 31.6 Å². The first-order chi connectivity index (χ1) is 7.91. The average molecular weight is 242 g/mol. The molecule has 0 aromatic heterocycles. The fraction of sp³-hybridized carbons (Fsp3) is 0.538. The molecule has 1 aromatic carbocycles. The zero-order valence-corrected chi connectivity index (χ0v) is 10.8. The minimum Gasteiger partial charge on any atom is -0.381 e. The van der Waals surface area contributed by atoms with Gasteiger partial charge >= 0.3 is 0 Å². The predicted octanol–water partition coefficient (Wildman–Crippen LogP) is 3.06. The summed E-state index contributed by atoms with van der Waals surface area (Å²) in [7, 11) is 3.90. The second-order valence-corrected chi connectivity index (χ2v) is 4.74. The van der Waals surface area contributed by atoms with Crippen LogP contribution in [0.3, 0.4) is 0 Å². The van der Waals surface area contributed by atoms with Crippen molar-refractivity contribution in [3.63, 3.8) is 0 Å². The predicted molar refractivity (Wildman–Crippen MR) is 67.5 cm³/mol. The van der Waals surface area contributed by atoms with Crippen molar-refractivity contribution in [2.45, 2.75) is 19.8 Å². The molecule has 0 saturated carbocycles. The van der Waals surface area contributed by atoms with Crippen LogP contribution in [0.25, 0.3) is 0 Å². The summed E-state index contributed by atoms with van der Waals surface area (Å²) >= 11 is 0. The van der Waals surface area contributed by atoms with Crippen molar-refractivity contribution in [1.82, 2.24) is 4.90 Å². The largest absolute Gasteiger partial charge is 0.381 e. The maximum Gasteiger partial charge on any atom is 0.149 e. The Morgan fingerprint density at radius 2 is 1.88 bits per heavy atom. The standard InChI is InChI=1S/C13H20F2N2/c1-9(2)11-7-10(14)8-12(15)13(11)16-5-6-17(3)4/h7-9,16H,5-6H2,1-4H3. The van der Waals surface area contributed by atoms with Crippen LogP contribution in [0.1, 0.15) is 25.3 Å². The van der Waals surface area contributed by atoms with Crippen molar-refractivity contribution < 1.29 is 8.78 Å². The van der Waals surface area contributed by atoms with Gasteiger partial charge < -0.3 is 10.2 Å².